The second-order valence-electron chi connectivity index (χ2n) is 7.39. The van der Waals surface area contributed by atoms with E-state index in [1.165, 1.54) is 5.56 Å². The Morgan fingerprint density at radius 2 is 1.79 bits per heavy atom. The van der Waals surface area contributed by atoms with Crippen molar-refractivity contribution >= 4 is 28.9 Å². The Labute approximate surface area is 174 Å². The predicted octanol–water partition coefficient (Wildman–Crippen LogP) is 4.07. The molecule has 0 amide bonds. The highest BCUT2D eigenvalue weighted by Crippen LogP contribution is 2.15. The second kappa shape index (κ2) is 8.31. The van der Waals surface area contributed by atoms with Gasteiger partial charge in [0.2, 0.25) is 10.5 Å². The summed E-state index contributed by atoms with van der Waals surface area (Å²) in [6, 6.07) is 17.9. The first-order valence-corrected chi connectivity index (χ1v) is 10.3. The molecule has 0 spiro atoms. The van der Waals surface area contributed by atoms with Crippen molar-refractivity contribution in [2.45, 2.75) is 39.5 Å². The summed E-state index contributed by atoms with van der Waals surface area (Å²) in [5, 5.41) is 5.43. The third-order valence-electron chi connectivity index (χ3n) is 5.09. The fourth-order valence-corrected chi connectivity index (χ4v) is 3.93. The van der Waals surface area contributed by atoms with Crippen molar-refractivity contribution in [1.29, 1.82) is 0 Å². The summed E-state index contributed by atoms with van der Waals surface area (Å²) >= 11 is 5.77. The summed E-state index contributed by atoms with van der Waals surface area (Å²) in [5.74, 6) is 0.611. The summed E-state index contributed by atoms with van der Waals surface area (Å²) in [6.45, 7) is 4.09. The van der Waals surface area contributed by atoms with Crippen LogP contribution in [0.3, 0.4) is 0 Å². The predicted molar refractivity (Wildman–Crippen MR) is 119 cm³/mol. The van der Waals surface area contributed by atoms with Crippen LogP contribution in [0.15, 0.2) is 59.4 Å². The van der Waals surface area contributed by atoms with E-state index >= 15 is 0 Å². The van der Waals surface area contributed by atoms with Crippen LogP contribution >= 0.6 is 12.2 Å². The smallest absolute Gasteiger partial charge is 0.262 e. The number of aromatic nitrogens is 4. The van der Waals surface area contributed by atoms with Crippen molar-refractivity contribution in [3.63, 3.8) is 0 Å². The number of benzene rings is 2. The number of aryl methyl sites for hydroxylation is 1. The Morgan fingerprint density at radius 1 is 1.07 bits per heavy atom. The normalized spacial score (nSPS) is 11.7. The first kappa shape index (κ1) is 19.5. The second-order valence-corrected chi connectivity index (χ2v) is 7.75. The lowest BCUT2D eigenvalue weighted by molar-refractivity contribution is 0.244. The maximum absolute atomic E-state index is 13.1. The van der Waals surface area contributed by atoms with Crippen molar-refractivity contribution < 1.29 is 0 Å². The zero-order valence-electron chi connectivity index (χ0n) is 16.8. The van der Waals surface area contributed by atoms with E-state index in [0.717, 1.165) is 24.9 Å². The lowest BCUT2D eigenvalue weighted by Crippen LogP contribution is -2.23. The number of fused-ring (bicyclic) bond motifs is 3. The van der Waals surface area contributed by atoms with Crippen LogP contribution in [0.1, 0.15) is 25.3 Å². The fourth-order valence-electron chi connectivity index (χ4n) is 3.65. The zero-order chi connectivity index (χ0) is 20.4. The van der Waals surface area contributed by atoms with Crippen LogP contribution in [0.25, 0.3) is 16.7 Å². The summed E-state index contributed by atoms with van der Waals surface area (Å²) in [7, 11) is 2.04. The number of hydrogen-bond acceptors (Lipinski definition) is 4. The van der Waals surface area contributed by atoms with Crippen LogP contribution < -0.4 is 5.56 Å². The average molecular weight is 408 g/mol. The highest BCUT2D eigenvalue weighted by Gasteiger charge is 2.16. The van der Waals surface area contributed by atoms with Gasteiger partial charge in [0.05, 0.1) is 17.6 Å². The molecule has 0 aliphatic rings. The van der Waals surface area contributed by atoms with Gasteiger partial charge in [0.15, 0.2) is 0 Å². The molecule has 0 unspecified atom stereocenters. The molecule has 0 aliphatic carbocycles. The van der Waals surface area contributed by atoms with Crippen LogP contribution in [-0.2, 0) is 19.8 Å². The summed E-state index contributed by atoms with van der Waals surface area (Å²) in [5.41, 5.74) is 2.03. The summed E-state index contributed by atoms with van der Waals surface area (Å²) < 4.78 is 6.09. The van der Waals surface area contributed by atoms with E-state index in [0.29, 0.717) is 29.1 Å². The van der Waals surface area contributed by atoms with Crippen molar-refractivity contribution in [3.05, 3.63) is 75.3 Å². The first-order valence-electron chi connectivity index (χ1n) is 9.93. The standard InChI is InChI=1S/C22H25N5OS/c1-3-4-14-25-20(28)18-12-8-9-13-19(18)27-21(25)23-26(22(27)29)16-24(2)15-17-10-6-5-7-11-17/h5-13H,3-4,14-16H2,1-2H3. The Bertz CT molecular complexity index is 1260. The molecule has 0 bridgehead atoms. The molecule has 4 aromatic rings. The van der Waals surface area contributed by atoms with Crippen molar-refractivity contribution in [1.82, 2.24) is 23.6 Å². The van der Waals surface area contributed by atoms with Crippen LogP contribution in [0.4, 0.5) is 0 Å². The number of hydrogen-bond donors (Lipinski definition) is 0. The molecule has 2 aromatic carbocycles. The molecule has 0 atom stereocenters. The molecule has 29 heavy (non-hydrogen) atoms. The topological polar surface area (TPSA) is 47.5 Å². The van der Waals surface area contributed by atoms with Gasteiger partial charge in [-0.1, -0.05) is 55.8 Å². The Morgan fingerprint density at radius 3 is 2.55 bits per heavy atom. The molecule has 0 N–H and O–H groups in total. The van der Waals surface area contributed by atoms with Crippen molar-refractivity contribution in [2.24, 2.45) is 0 Å². The molecular weight excluding hydrogens is 382 g/mol. The van der Waals surface area contributed by atoms with E-state index in [9.17, 15) is 4.79 Å². The molecule has 150 valence electrons. The van der Waals surface area contributed by atoms with Gasteiger partial charge >= 0.3 is 0 Å². The minimum absolute atomic E-state index is 0.00802. The Hall–Kier alpha value is -2.77. The van der Waals surface area contributed by atoms with E-state index in [-0.39, 0.29) is 5.56 Å². The minimum Gasteiger partial charge on any atom is -0.283 e. The van der Waals surface area contributed by atoms with E-state index in [4.69, 9.17) is 17.3 Å². The molecule has 0 radical (unpaired) electrons. The van der Waals surface area contributed by atoms with Crippen LogP contribution in [0.5, 0.6) is 0 Å². The quantitative estimate of drug-likeness (QED) is 0.433. The van der Waals surface area contributed by atoms with Gasteiger partial charge < -0.3 is 0 Å². The van der Waals surface area contributed by atoms with Crippen molar-refractivity contribution in [3.8, 4) is 0 Å². The highest BCUT2D eigenvalue weighted by molar-refractivity contribution is 7.71. The molecule has 2 aromatic heterocycles. The third kappa shape index (κ3) is 3.75. The molecule has 7 heteroatoms. The lowest BCUT2D eigenvalue weighted by Gasteiger charge is -2.16. The van der Waals surface area contributed by atoms with Crippen LogP contribution in [-0.4, -0.2) is 30.7 Å². The van der Waals surface area contributed by atoms with Gasteiger partial charge in [0.25, 0.3) is 5.56 Å². The SMILES string of the molecule is CCCCn1c(=O)c2ccccc2n2c(=S)n(CN(C)Cc3ccccc3)nc12. The molecule has 0 aliphatic heterocycles. The number of para-hydroxylation sites is 1. The summed E-state index contributed by atoms with van der Waals surface area (Å²) in [4.78, 5) is 15.2. The van der Waals surface area contributed by atoms with E-state index in [1.807, 2.05) is 58.6 Å². The molecule has 4 rings (SSSR count). The highest BCUT2D eigenvalue weighted by atomic mass is 32.1. The average Bonchev–Trinajstić information content (AvgIpc) is 3.04. The maximum Gasteiger partial charge on any atom is 0.262 e. The number of unbranched alkanes of at least 4 members (excludes halogenated alkanes) is 1. The van der Waals surface area contributed by atoms with Gasteiger partial charge in [-0.3, -0.25) is 18.7 Å². The summed E-state index contributed by atoms with van der Waals surface area (Å²) in [6.07, 6.45) is 1.92. The van der Waals surface area contributed by atoms with E-state index in [1.54, 1.807) is 4.57 Å². The van der Waals surface area contributed by atoms with E-state index < -0.39 is 0 Å². The van der Waals surface area contributed by atoms with E-state index in [2.05, 4.69) is 24.0 Å². The van der Waals surface area contributed by atoms with Crippen LogP contribution in [0.2, 0.25) is 0 Å². The molecule has 0 fully saturated rings. The number of rotatable bonds is 7. The van der Waals surface area contributed by atoms with Crippen LogP contribution in [0, 0.1) is 4.77 Å². The van der Waals surface area contributed by atoms with Gasteiger partial charge in [0, 0.05) is 13.1 Å². The maximum atomic E-state index is 13.1. The van der Waals surface area contributed by atoms with Gasteiger partial charge in [0.1, 0.15) is 0 Å². The third-order valence-corrected chi connectivity index (χ3v) is 5.48. The Kier molecular flexibility index (Phi) is 5.60. The molecule has 0 saturated heterocycles. The Balaban J connectivity index is 1.80. The largest absolute Gasteiger partial charge is 0.283 e. The minimum atomic E-state index is -0.00802. The molecular formula is C22H25N5OS. The molecule has 6 nitrogen and oxygen atoms in total. The zero-order valence-corrected chi connectivity index (χ0v) is 17.6. The van der Waals surface area contributed by atoms with Gasteiger partial charge in [-0.05, 0) is 43.4 Å². The molecule has 0 saturated carbocycles. The molecule has 2 heterocycles. The fraction of sp³-hybridized carbons (Fsp3) is 0.318. The van der Waals surface area contributed by atoms with Gasteiger partial charge in [-0.2, -0.15) is 0 Å². The first-order chi connectivity index (χ1) is 14.1. The van der Waals surface area contributed by atoms with Gasteiger partial charge in [-0.15, -0.1) is 5.10 Å². The number of nitrogens with zero attached hydrogens (tertiary/aromatic N) is 5. The monoisotopic (exact) mass is 407 g/mol. The van der Waals surface area contributed by atoms with Gasteiger partial charge in [-0.25, -0.2) is 4.68 Å². The van der Waals surface area contributed by atoms with Crippen molar-refractivity contribution in [2.75, 3.05) is 7.05 Å². The lowest BCUT2D eigenvalue weighted by atomic mass is 10.2.